The molecule has 2 nitrogen and oxygen atoms in total. The molecule has 0 unspecified atom stereocenters. The van der Waals surface area contributed by atoms with E-state index in [0.29, 0.717) is 0 Å². The first-order valence-electron chi connectivity index (χ1n) is 5.67. The molecule has 3 heteroatoms. The van der Waals surface area contributed by atoms with Crippen molar-refractivity contribution in [1.82, 2.24) is 0 Å². The van der Waals surface area contributed by atoms with E-state index in [-0.39, 0.29) is 17.0 Å². The van der Waals surface area contributed by atoms with Crippen LogP contribution in [0.25, 0.3) is 0 Å². The fourth-order valence-corrected chi connectivity index (χ4v) is 1.84. The summed E-state index contributed by atoms with van der Waals surface area (Å²) < 4.78 is 6.64. The Labute approximate surface area is 100.0 Å². The topological polar surface area (TPSA) is 9.23 Å². The molecule has 0 bridgehead atoms. The van der Waals surface area contributed by atoms with Gasteiger partial charge in [0.25, 0.3) is 0 Å². The highest BCUT2D eigenvalue weighted by molar-refractivity contribution is 4.40. The summed E-state index contributed by atoms with van der Waals surface area (Å²) in [5.74, 6) is 0. The number of rotatable bonds is 8. The van der Waals surface area contributed by atoms with Crippen molar-refractivity contribution < 1.29 is 26.2 Å². The van der Waals surface area contributed by atoms with Gasteiger partial charge < -0.3 is 26.2 Å². The second-order valence-electron chi connectivity index (χ2n) is 3.62. The molecule has 0 aromatic carbocycles. The monoisotopic (exact) mass is 267 g/mol. The van der Waals surface area contributed by atoms with Gasteiger partial charge in [0, 0.05) is 6.61 Å². The molecule has 0 radical (unpaired) electrons. The summed E-state index contributed by atoms with van der Waals surface area (Å²) in [4.78, 5) is 0. The molecule has 0 aliphatic heterocycles. The highest BCUT2D eigenvalue weighted by Crippen LogP contribution is 2.07. The van der Waals surface area contributed by atoms with Crippen LogP contribution in [0.5, 0.6) is 0 Å². The molecule has 0 fully saturated rings. The van der Waals surface area contributed by atoms with Gasteiger partial charge in [-0.3, -0.25) is 0 Å². The van der Waals surface area contributed by atoms with E-state index in [1.165, 1.54) is 37.1 Å². The molecule has 0 heterocycles. The minimum Gasteiger partial charge on any atom is -1.00 e. The van der Waals surface area contributed by atoms with Gasteiger partial charge in [0.15, 0.2) is 0 Å². The number of nitrogens with zero attached hydrogens (tertiary/aromatic N) is 1. The number of hydrogen-bond donors (Lipinski definition) is 0. The SMILES string of the molecule is CCC[N+](CC)(CC)CCOCC.[Br-]. The highest BCUT2D eigenvalue weighted by atomic mass is 79.9. The quantitative estimate of drug-likeness (QED) is 0.417. The minimum atomic E-state index is 0. The van der Waals surface area contributed by atoms with Crippen molar-refractivity contribution in [2.24, 2.45) is 0 Å². The van der Waals surface area contributed by atoms with Crippen LogP contribution in [0.1, 0.15) is 34.1 Å². The number of hydrogen-bond acceptors (Lipinski definition) is 1. The lowest BCUT2D eigenvalue weighted by atomic mass is 10.3. The van der Waals surface area contributed by atoms with Crippen LogP contribution in [0.3, 0.4) is 0 Å². The summed E-state index contributed by atoms with van der Waals surface area (Å²) in [6.07, 6.45) is 1.27. The first-order chi connectivity index (χ1) is 6.24. The third-order valence-electron chi connectivity index (χ3n) is 2.95. The summed E-state index contributed by atoms with van der Waals surface area (Å²) in [7, 11) is 0. The van der Waals surface area contributed by atoms with Gasteiger partial charge in [0.2, 0.25) is 0 Å². The van der Waals surface area contributed by atoms with Crippen molar-refractivity contribution in [2.75, 3.05) is 39.4 Å². The zero-order valence-electron chi connectivity index (χ0n) is 10.2. The summed E-state index contributed by atoms with van der Waals surface area (Å²) in [5.41, 5.74) is 0. The molecule has 0 spiro atoms. The number of likely N-dealkylation sites (N-methyl/N-ethyl adjacent to an activating group) is 1. The molecule has 0 saturated heterocycles. The van der Waals surface area contributed by atoms with E-state index < -0.39 is 0 Å². The smallest absolute Gasteiger partial charge is 0.102 e. The summed E-state index contributed by atoms with van der Waals surface area (Å²) in [6, 6.07) is 0. The van der Waals surface area contributed by atoms with Gasteiger partial charge in [-0.1, -0.05) is 6.92 Å². The summed E-state index contributed by atoms with van der Waals surface area (Å²) in [6.45, 7) is 15.6. The van der Waals surface area contributed by atoms with Crippen LogP contribution in [0, 0.1) is 0 Å². The van der Waals surface area contributed by atoms with Crippen LogP contribution in [-0.2, 0) is 4.74 Å². The molecular weight excluding hydrogens is 242 g/mol. The predicted molar refractivity (Wildman–Crippen MR) is 57.9 cm³/mol. The molecule has 0 rings (SSSR count). The second-order valence-corrected chi connectivity index (χ2v) is 3.62. The molecule has 0 saturated carbocycles. The van der Waals surface area contributed by atoms with Crippen molar-refractivity contribution in [3.05, 3.63) is 0 Å². The predicted octanol–water partition coefficient (Wildman–Crippen LogP) is -0.706. The Morgan fingerprint density at radius 1 is 0.929 bits per heavy atom. The molecule has 14 heavy (non-hydrogen) atoms. The lowest BCUT2D eigenvalue weighted by molar-refractivity contribution is -0.925. The maximum Gasteiger partial charge on any atom is 0.102 e. The first-order valence-corrected chi connectivity index (χ1v) is 5.67. The van der Waals surface area contributed by atoms with Crippen molar-refractivity contribution in [1.29, 1.82) is 0 Å². The second kappa shape index (κ2) is 9.94. The fourth-order valence-electron chi connectivity index (χ4n) is 1.84. The van der Waals surface area contributed by atoms with Gasteiger partial charge in [-0.25, -0.2) is 0 Å². The maximum atomic E-state index is 5.42. The van der Waals surface area contributed by atoms with E-state index in [1.54, 1.807) is 0 Å². The average molecular weight is 268 g/mol. The fraction of sp³-hybridized carbons (Fsp3) is 1.00. The van der Waals surface area contributed by atoms with E-state index in [9.17, 15) is 0 Å². The van der Waals surface area contributed by atoms with Gasteiger partial charge >= 0.3 is 0 Å². The molecule has 0 N–H and O–H groups in total. The zero-order valence-corrected chi connectivity index (χ0v) is 11.8. The molecule has 0 amide bonds. The molecule has 0 aliphatic rings. The van der Waals surface area contributed by atoms with Crippen LogP contribution in [0.4, 0.5) is 0 Å². The number of ether oxygens (including phenoxy) is 1. The lowest BCUT2D eigenvalue weighted by Crippen LogP contribution is -3.00. The third kappa shape index (κ3) is 5.99. The van der Waals surface area contributed by atoms with E-state index in [4.69, 9.17) is 4.74 Å². The third-order valence-corrected chi connectivity index (χ3v) is 2.95. The molecule has 0 atom stereocenters. The molecule has 0 aromatic rings. The molecule has 0 aliphatic carbocycles. The molecule has 0 aromatic heterocycles. The number of quaternary nitrogens is 1. The van der Waals surface area contributed by atoms with Gasteiger partial charge in [-0.2, -0.15) is 0 Å². The van der Waals surface area contributed by atoms with Crippen molar-refractivity contribution in [2.45, 2.75) is 34.1 Å². The Morgan fingerprint density at radius 3 is 1.86 bits per heavy atom. The Morgan fingerprint density at radius 2 is 1.50 bits per heavy atom. The van der Waals surface area contributed by atoms with Gasteiger partial charge in [-0.05, 0) is 27.2 Å². The Balaban J connectivity index is 0. The molecular formula is C11H26BrNO. The van der Waals surface area contributed by atoms with Crippen LogP contribution in [-0.4, -0.2) is 43.9 Å². The lowest BCUT2D eigenvalue weighted by Gasteiger charge is -2.36. The van der Waals surface area contributed by atoms with Gasteiger partial charge in [0.05, 0.1) is 26.2 Å². The first kappa shape index (κ1) is 16.8. The van der Waals surface area contributed by atoms with Crippen molar-refractivity contribution >= 4 is 0 Å². The van der Waals surface area contributed by atoms with Gasteiger partial charge in [0.1, 0.15) is 6.54 Å². The van der Waals surface area contributed by atoms with E-state index in [2.05, 4.69) is 27.7 Å². The molecule has 88 valence electrons. The summed E-state index contributed by atoms with van der Waals surface area (Å²) >= 11 is 0. The van der Waals surface area contributed by atoms with Crippen molar-refractivity contribution in [3.63, 3.8) is 0 Å². The van der Waals surface area contributed by atoms with Gasteiger partial charge in [-0.15, -0.1) is 0 Å². The zero-order chi connectivity index (χ0) is 10.2. The largest absolute Gasteiger partial charge is 1.00 e. The Hall–Kier alpha value is 0.400. The highest BCUT2D eigenvalue weighted by Gasteiger charge is 2.20. The average Bonchev–Trinajstić information content (AvgIpc) is 2.17. The van der Waals surface area contributed by atoms with Crippen molar-refractivity contribution in [3.8, 4) is 0 Å². The summed E-state index contributed by atoms with van der Waals surface area (Å²) in [5, 5.41) is 0. The van der Waals surface area contributed by atoms with E-state index in [1.807, 2.05) is 0 Å². The van der Waals surface area contributed by atoms with E-state index in [0.717, 1.165) is 13.2 Å². The standard InChI is InChI=1S/C11H26NO.BrH/c1-5-9-12(6-2,7-3)10-11-13-8-4;/h5-11H2,1-4H3;1H/q+1;/p-1. The van der Waals surface area contributed by atoms with Crippen LogP contribution in [0.2, 0.25) is 0 Å². The minimum absolute atomic E-state index is 0. The normalized spacial score (nSPS) is 11.1. The van der Waals surface area contributed by atoms with E-state index >= 15 is 0 Å². The van der Waals surface area contributed by atoms with Crippen LogP contribution < -0.4 is 17.0 Å². The Bertz CT molecular complexity index is 116. The Kier molecular flexibility index (Phi) is 11.9. The van der Waals surface area contributed by atoms with Crippen LogP contribution in [0.15, 0.2) is 0 Å². The number of halogens is 1. The van der Waals surface area contributed by atoms with Crippen LogP contribution >= 0.6 is 0 Å². The maximum absolute atomic E-state index is 5.42.